The second-order valence-corrected chi connectivity index (χ2v) is 4.55. The molecule has 2 N–H and O–H groups in total. The number of furan rings is 1. The van der Waals surface area contributed by atoms with Crippen LogP contribution in [0.2, 0.25) is 0 Å². The van der Waals surface area contributed by atoms with Crippen molar-refractivity contribution < 1.29 is 9.21 Å². The lowest BCUT2D eigenvalue weighted by Gasteiger charge is -2.23. The summed E-state index contributed by atoms with van der Waals surface area (Å²) in [5, 5.41) is 0. The van der Waals surface area contributed by atoms with Gasteiger partial charge in [-0.1, -0.05) is 12.8 Å². The normalized spacial score (nSPS) is 17.9. The Morgan fingerprint density at radius 3 is 2.71 bits per heavy atom. The Morgan fingerprint density at radius 1 is 1.18 bits per heavy atom. The van der Waals surface area contributed by atoms with Crippen LogP contribution in [0, 0.1) is 0 Å². The predicted octanol–water partition coefficient (Wildman–Crippen LogP) is 2.03. The lowest BCUT2D eigenvalue weighted by Crippen LogP contribution is -2.32. The Hall–Kier alpha value is -1.29. The molecule has 1 aliphatic rings. The smallest absolute Gasteiger partial charge is 0.222 e. The quantitative estimate of drug-likeness (QED) is 0.873. The van der Waals surface area contributed by atoms with E-state index in [0.717, 1.165) is 30.9 Å². The number of rotatable bonds is 3. The summed E-state index contributed by atoms with van der Waals surface area (Å²) < 4.78 is 5.54. The highest BCUT2D eigenvalue weighted by Gasteiger charge is 2.17. The number of likely N-dealkylation sites (tertiary alicyclic amines) is 1. The second kappa shape index (κ2) is 5.87. The zero-order chi connectivity index (χ0) is 12.1. The number of nitrogens with zero attached hydrogens (tertiary/aromatic N) is 1. The second-order valence-electron chi connectivity index (χ2n) is 4.55. The van der Waals surface area contributed by atoms with E-state index in [9.17, 15) is 4.79 Å². The van der Waals surface area contributed by atoms with Gasteiger partial charge in [0.05, 0.1) is 13.1 Å². The average Bonchev–Trinajstić information content (AvgIpc) is 2.77. The molecule has 17 heavy (non-hydrogen) atoms. The monoisotopic (exact) mass is 236 g/mol. The third-order valence-electron chi connectivity index (χ3n) is 3.19. The molecule has 4 nitrogen and oxygen atoms in total. The van der Waals surface area contributed by atoms with Gasteiger partial charge >= 0.3 is 0 Å². The Labute approximate surface area is 102 Å². The minimum atomic E-state index is 0.246. The maximum Gasteiger partial charge on any atom is 0.222 e. The molecule has 4 heteroatoms. The maximum absolute atomic E-state index is 11.9. The van der Waals surface area contributed by atoms with E-state index in [4.69, 9.17) is 10.2 Å². The molecule has 0 bridgehead atoms. The molecule has 1 saturated heterocycles. The molecule has 0 aliphatic carbocycles. The molecule has 0 saturated carbocycles. The summed E-state index contributed by atoms with van der Waals surface area (Å²) in [7, 11) is 0. The first-order valence-electron chi connectivity index (χ1n) is 6.35. The van der Waals surface area contributed by atoms with E-state index in [0.29, 0.717) is 19.5 Å². The van der Waals surface area contributed by atoms with E-state index in [1.54, 1.807) is 0 Å². The van der Waals surface area contributed by atoms with Gasteiger partial charge in [0.15, 0.2) is 0 Å². The van der Waals surface area contributed by atoms with Crippen LogP contribution in [0.1, 0.15) is 43.6 Å². The highest BCUT2D eigenvalue weighted by atomic mass is 16.3. The van der Waals surface area contributed by atoms with Gasteiger partial charge in [0.25, 0.3) is 0 Å². The molecule has 1 aromatic heterocycles. The lowest BCUT2D eigenvalue weighted by atomic mass is 10.1. The van der Waals surface area contributed by atoms with Crippen LogP contribution < -0.4 is 5.73 Å². The molecule has 94 valence electrons. The topological polar surface area (TPSA) is 59.5 Å². The van der Waals surface area contributed by atoms with Crippen LogP contribution in [0.25, 0.3) is 0 Å². The minimum Gasteiger partial charge on any atom is -0.463 e. The highest BCUT2D eigenvalue weighted by molar-refractivity contribution is 5.76. The molecule has 1 aromatic rings. The molecule has 2 heterocycles. The zero-order valence-electron chi connectivity index (χ0n) is 10.2. The van der Waals surface area contributed by atoms with Gasteiger partial charge in [-0.15, -0.1) is 0 Å². The van der Waals surface area contributed by atoms with Crippen molar-refractivity contribution in [2.24, 2.45) is 5.73 Å². The summed E-state index contributed by atoms with van der Waals surface area (Å²) in [5.74, 6) is 1.86. The zero-order valence-corrected chi connectivity index (χ0v) is 10.2. The summed E-state index contributed by atoms with van der Waals surface area (Å²) in [6.07, 6.45) is 5.18. The fourth-order valence-electron chi connectivity index (χ4n) is 2.19. The van der Waals surface area contributed by atoms with E-state index >= 15 is 0 Å². The Balaban J connectivity index is 1.97. The van der Waals surface area contributed by atoms with Crippen molar-refractivity contribution in [3.63, 3.8) is 0 Å². The Morgan fingerprint density at radius 2 is 1.94 bits per heavy atom. The minimum absolute atomic E-state index is 0.246. The number of amides is 1. The summed E-state index contributed by atoms with van der Waals surface area (Å²) >= 11 is 0. The number of nitrogens with two attached hydrogens (primary N) is 1. The average molecular weight is 236 g/mol. The Kier molecular flexibility index (Phi) is 4.20. The molecule has 0 atom stereocenters. The van der Waals surface area contributed by atoms with E-state index in [-0.39, 0.29) is 5.91 Å². The molecule has 2 rings (SSSR count). The summed E-state index contributed by atoms with van der Waals surface area (Å²) in [5.41, 5.74) is 5.49. The van der Waals surface area contributed by atoms with Gasteiger partial charge in [-0.25, -0.2) is 0 Å². The van der Waals surface area contributed by atoms with E-state index in [1.807, 2.05) is 17.0 Å². The van der Waals surface area contributed by atoms with Gasteiger partial charge in [0, 0.05) is 13.0 Å². The van der Waals surface area contributed by atoms with Crippen molar-refractivity contribution in [2.45, 2.75) is 45.2 Å². The molecular formula is C13H20N2O2. The number of carbonyl (C=O) groups excluding carboxylic acids is 1. The van der Waals surface area contributed by atoms with E-state index in [2.05, 4.69) is 0 Å². The first-order valence-corrected chi connectivity index (χ1v) is 6.35. The van der Waals surface area contributed by atoms with Crippen LogP contribution in [-0.4, -0.2) is 17.4 Å². The molecule has 0 radical (unpaired) electrons. The van der Waals surface area contributed by atoms with Gasteiger partial charge in [-0.3, -0.25) is 4.79 Å². The van der Waals surface area contributed by atoms with Crippen molar-refractivity contribution in [3.05, 3.63) is 23.7 Å². The van der Waals surface area contributed by atoms with Crippen LogP contribution in [0.5, 0.6) is 0 Å². The molecular weight excluding hydrogens is 216 g/mol. The molecule has 0 aromatic carbocycles. The third-order valence-corrected chi connectivity index (χ3v) is 3.19. The van der Waals surface area contributed by atoms with Gasteiger partial charge in [-0.2, -0.15) is 0 Å². The molecule has 1 aliphatic heterocycles. The Bertz CT molecular complexity index is 373. The third kappa shape index (κ3) is 3.33. The van der Waals surface area contributed by atoms with Gasteiger partial charge in [0.1, 0.15) is 11.5 Å². The first kappa shape index (κ1) is 12.2. The standard InChI is InChI=1S/C13H20N2O2/c14-9-11-6-7-12(17-11)10-15-8-4-2-1-3-5-13(15)16/h6-7H,1-5,8-10,14H2. The van der Waals surface area contributed by atoms with Crippen molar-refractivity contribution in [2.75, 3.05) is 6.54 Å². The SMILES string of the molecule is NCc1ccc(CN2CCCCCCC2=O)o1. The number of hydrogen-bond acceptors (Lipinski definition) is 3. The van der Waals surface area contributed by atoms with Crippen LogP contribution in [0.4, 0.5) is 0 Å². The maximum atomic E-state index is 11.9. The van der Waals surface area contributed by atoms with Crippen molar-refractivity contribution in [3.8, 4) is 0 Å². The van der Waals surface area contributed by atoms with E-state index in [1.165, 1.54) is 12.8 Å². The summed E-state index contributed by atoms with van der Waals surface area (Å²) in [4.78, 5) is 13.8. The summed E-state index contributed by atoms with van der Waals surface area (Å²) in [6.45, 7) is 1.84. The van der Waals surface area contributed by atoms with Crippen LogP contribution in [0.15, 0.2) is 16.5 Å². The molecule has 0 spiro atoms. The predicted molar refractivity (Wildman–Crippen MR) is 65.1 cm³/mol. The number of carbonyl (C=O) groups is 1. The fraction of sp³-hybridized carbons (Fsp3) is 0.615. The van der Waals surface area contributed by atoms with Crippen molar-refractivity contribution >= 4 is 5.91 Å². The van der Waals surface area contributed by atoms with Crippen LogP contribution in [-0.2, 0) is 17.9 Å². The summed E-state index contributed by atoms with van der Waals surface area (Å²) in [6, 6.07) is 3.79. The van der Waals surface area contributed by atoms with Crippen LogP contribution >= 0.6 is 0 Å². The first-order chi connectivity index (χ1) is 8.29. The number of hydrogen-bond donors (Lipinski definition) is 1. The van der Waals surface area contributed by atoms with Crippen molar-refractivity contribution in [1.82, 2.24) is 4.90 Å². The fourth-order valence-corrected chi connectivity index (χ4v) is 2.19. The van der Waals surface area contributed by atoms with Gasteiger partial charge in [-0.05, 0) is 25.0 Å². The van der Waals surface area contributed by atoms with Crippen molar-refractivity contribution in [1.29, 1.82) is 0 Å². The largest absolute Gasteiger partial charge is 0.463 e. The lowest BCUT2D eigenvalue weighted by molar-refractivity contribution is -0.132. The highest BCUT2D eigenvalue weighted by Crippen LogP contribution is 2.16. The van der Waals surface area contributed by atoms with E-state index < -0.39 is 0 Å². The molecule has 0 unspecified atom stereocenters. The van der Waals surface area contributed by atoms with Gasteiger partial charge in [0.2, 0.25) is 5.91 Å². The molecule has 1 fully saturated rings. The van der Waals surface area contributed by atoms with Crippen LogP contribution in [0.3, 0.4) is 0 Å². The van der Waals surface area contributed by atoms with Gasteiger partial charge < -0.3 is 15.1 Å². The molecule has 1 amide bonds.